The molecule has 3 rings (SSSR count). The highest BCUT2D eigenvalue weighted by molar-refractivity contribution is 5.77. The van der Waals surface area contributed by atoms with Crippen molar-refractivity contribution in [2.24, 2.45) is 0 Å². The minimum atomic E-state index is 0.0683. The Morgan fingerprint density at radius 1 is 1.36 bits per heavy atom. The first-order valence-electron chi connectivity index (χ1n) is 8.81. The predicted molar refractivity (Wildman–Crippen MR) is 93.5 cm³/mol. The molecule has 1 amide bonds. The SMILES string of the molecule is COc1ccccc1CCC(=O)N1CCC[C@H](c2nnc(C)o2)[C@@H]1C. The first kappa shape index (κ1) is 17.5. The lowest BCUT2D eigenvalue weighted by Crippen LogP contribution is -2.46. The summed E-state index contributed by atoms with van der Waals surface area (Å²) >= 11 is 0. The molecule has 1 fully saturated rings. The average molecular weight is 343 g/mol. The van der Waals surface area contributed by atoms with Gasteiger partial charge in [-0.05, 0) is 37.8 Å². The molecule has 0 radical (unpaired) electrons. The second-order valence-corrected chi connectivity index (χ2v) is 6.55. The van der Waals surface area contributed by atoms with Crippen LogP contribution in [0.4, 0.5) is 0 Å². The molecule has 0 unspecified atom stereocenters. The van der Waals surface area contributed by atoms with Crippen LogP contribution in [0.5, 0.6) is 5.75 Å². The maximum atomic E-state index is 12.8. The van der Waals surface area contributed by atoms with Crippen LogP contribution in [0.1, 0.15) is 49.4 Å². The number of ether oxygens (including phenoxy) is 1. The van der Waals surface area contributed by atoms with E-state index in [9.17, 15) is 4.79 Å². The monoisotopic (exact) mass is 343 g/mol. The lowest BCUT2D eigenvalue weighted by atomic mass is 9.89. The predicted octanol–water partition coefficient (Wildman–Crippen LogP) is 3.11. The molecule has 1 aliphatic heterocycles. The molecule has 1 aromatic heterocycles. The van der Waals surface area contributed by atoms with Crippen LogP contribution in [0.2, 0.25) is 0 Å². The van der Waals surface area contributed by atoms with Gasteiger partial charge in [0.1, 0.15) is 5.75 Å². The molecule has 25 heavy (non-hydrogen) atoms. The number of aryl methyl sites for hydroxylation is 2. The van der Waals surface area contributed by atoms with Crippen molar-refractivity contribution in [1.29, 1.82) is 0 Å². The number of hydrogen-bond acceptors (Lipinski definition) is 5. The molecule has 2 atom stereocenters. The molecule has 0 aliphatic carbocycles. The molecule has 1 saturated heterocycles. The van der Waals surface area contributed by atoms with Gasteiger partial charge in [-0.3, -0.25) is 4.79 Å². The molecule has 1 aliphatic rings. The number of amides is 1. The first-order chi connectivity index (χ1) is 12.1. The van der Waals surface area contributed by atoms with Gasteiger partial charge < -0.3 is 14.1 Å². The molecule has 2 aromatic rings. The van der Waals surface area contributed by atoms with Crippen LogP contribution >= 0.6 is 0 Å². The van der Waals surface area contributed by atoms with E-state index in [0.29, 0.717) is 24.6 Å². The van der Waals surface area contributed by atoms with Crippen molar-refractivity contribution in [3.05, 3.63) is 41.6 Å². The van der Waals surface area contributed by atoms with E-state index >= 15 is 0 Å². The van der Waals surface area contributed by atoms with E-state index in [1.807, 2.05) is 29.2 Å². The van der Waals surface area contributed by atoms with Crippen molar-refractivity contribution in [3.63, 3.8) is 0 Å². The molecule has 0 saturated carbocycles. The highest BCUT2D eigenvalue weighted by atomic mass is 16.5. The number of nitrogens with zero attached hydrogens (tertiary/aromatic N) is 3. The summed E-state index contributed by atoms with van der Waals surface area (Å²) in [5.74, 6) is 2.33. The van der Waals surface area contributed by atoms with Gasteiger partial charge in [0.05, 0.1) is 13.0 Å². The molecular formula is C19H25N3O3. The fourth-order valence-corrected chi connectivity index (χ4v) is 3.58. The zero-order chi connectivity index (χ0) is 17.8. The zero-order valence-electron chi connectivity index (χ0n) is 15.1. The summed E-state index contributed by atoms with van der Waals surface area (Å²) in [6, 6.07) is 7.92. The van der Waals surface area contributed by atoms with Gasteiger partial charge in [-0.15, -0.1) is 10.2 Å². The third kappa shape index (κ3) is 3.83. The normalized spacial score (nSPS) is 20.5. The number of benzene rings is 1. The topological polar surface area (TPSA) is 68.5 Å². The lowest BCUT2D eigenvalue weighted by molar-refractivity contribution is -0.135. The summed E-state index contributed by atoms with van der Waals surface area (Å²) < 4.78 is 11.0. The van der Waals surface area contributed by atoms with Gasteiger partial charge in [-0.25, -0.2) is 0 Å². The third-order valence-electron chi connectivity index (χ3n) is 4.97. The van der Waals surface area contributed by atoms with Gasteiger partial charge in [0.25, 0.3) is 0 Å². The number of hydrogen-bond donors (Lipinski definition) is 0. The molecule has 0 N–H and O–H groups in total. The van der Waals surface area contributed by atoms with E-state index in [1.54, 1.807) is 14.0 Å². The Labute approximate surface area is 148 Å². The van der Waals surface area contributed by atoms with Crippen molar-refractivity contribution in [3.8, 4) is 5.75 Å². The number of piperidine rings is 1. The smallest absolute Gasteiger partial charge is 0.223 e. The maximum Gasteiger partial charge on any atom is 0.223 e. The van der Waals surface area contributed by atoms with E-state index in [2.05, 4.69) is 17.1 Å². The van der Waals surface area contributed by atoms with E-state index in [1.165, 1.54) is 0 Å². The fraction of sp³-hybridized carbons (Fsp3) is 0.526. The average Bonchev–Trinajstić information content (AvgIpc) is 3.06. The molecule has 1 aromatic carbocycles. The van der Waals surface area contributed by atoms with Crippen molar-refractivity contribution < 1.29 is 13.9 Å². The number of para-hydroxylation sites is 1. The van der Waals surface area contributed by atoms with Crippen LogP contribution in [0, 0.1) is 6.92 Å². The number of carbonyl (C=O) groups is 1. The zero-order valence-corrected chi connectivity index (χ0v) is 15.1. The molecule has 0 spiro atoms. The number of aromatic nitrogens is 2. The molecule has 2 heterocycles. The summed E-state index contributed by atoms with van der Waals surface area (Å²) in [6.07, 6.45) is 3.08. The van der Waals surface area contributed by atoms with Gasteiger partial charge in [0.2, 0.25) is 17.7 Å². The first-order valence-corrected chi connectivity index (χ1v) is 8.81. The minimum Gasteiger partial charge on any atom is -0.496 e. The van der Waals surface area contributed by atoms with Gasteiger partial charge in [-0.1, -0.05) is 18.2 Å². The summed E-state index contributed by atoms with van der Waals surface area (Å²) in [7, 11) is 1.66. The number of likely N-dealkylation sites (tertiary alicyclic amines) is 1. The standard InChI is InChI=1S/C19H25N3O3/c1-13-16(19-21-20-14(2)25-19)8-6-12-22(13)18(23)11-10-15-7-4-5-9-17(15)24-3/h4-5,7,9,13,16H,6,8,10-12H2,1-3H3/t13-,16-/m0/s1. The number of rotatable bonds is 5. The third-order valence-corrected chi connectivity index (χ3v) is 4.97. The second-order valence-electron chi connectivity index (χ2n) is 6.55. The largest absolute Gasteiger partial charge is 0.496 e. The summed E-state index contributed by atoms with van der Waals surface area (Å²) in [5, 5.41) is 8.09. The minimum absolute atomic E-state index is 0.0683. The second kappa shape index (κ2) is 7.68. The van der Waals surface area contributed by atoms with E-state index in [0.717, 1.165) is 30.7 Å². The van der Waals surface area contributed by atoms with Crippen LogP contribution in [0.25, 0.3) is 0 Å². The molecule has 134 valence electrons. The van der Waals surface area contributed by atoms with E-state index in [-0.39, 0.29) is 17.9 Å². The van der Waals surface area contributed by atoms with Crippen LogP contribution < -0.4 is 4.74 Å². The Balaban J connectivity index is 1.65. The van der Waals surface area contributed by atoms with E-state index < -0.39 is 0 Å². The highest BCUT2D eigenvalue weighted by Crippen LogP contribution is 2.32. The number of methoxy groups -OCH3 is 1. The Morgan fingerprint density at radius 2 is 2.16 bits per heavy atom. The van der Waals surface area contributed by atoms with Gasteiger partial charge in [0, 0.05) is 25.9 Å². The van der Waals surface area contributed by atoms with E-state index in [4.69, 9.17) is 9.15 Å². The van der Waals surface area contributed by atoms with Gasteiger partial charge >= 0.3 is 0 Å². The van der Waals surface area contributed by atoms with Crippen LogP contribution in [0.3, 0.4) is 0 Å². The highest BCUT2D eigenvalue weighted by Gasteiger charge is 2.34. The quantitative estimate of drug-likeness (QED) is 0.834. The summed E-state index contributed by atoms with van der Waals surface area (Å²) in [5.41, 5.74) is 1.06. The molecule has 0 bridgehead atoms. The Morgan fingerprint density at radius 3 is 2.88 bits per heavy atom. The van der Waals surface area contributed by atoms with Gasteiger partial charge in [0.15, 0.2) is 0 Å². The molecular weight excluding hydrogens is 318 g/mol. The maximum absolute atomic E-state index is 12.8. The van der Waals surface area contributed by atoms with Crippen molar-refractivity contribution in [1.82, 2.24) is 15.1 Å². The summed E-state index contributed by atoms with van der Waals surface area (Å²) in [4.78, 5) is 14.7. The Hall–Kier alpha value is -2.37. The number of carbonyl (C=O) groups excluding carboxylic acids is 1. The summed E-state index contributed by atoms with van der Waals surface area (Å²) in [6.45, 7) is 4.65. The Bertz CT molecular complexity index is 728. The van der Waals surface area contributed by atoms with Crippen molar-refractivity contribution >= 4 is 5.91 Å². The van der Waals surface area contributed by atoms with Crippen LogP contribution in [-0.4, -0.2) is 40.7 Å². The Kier molecular flexibility index (Phi) is 5.36. The van der Waals surface area contributed by atoms with Crippen LogP contribution in [-0.2, 0) is 11.2 Å². The van der Waals surface area contributed by atoms with Crippen molar-refractivity contribution in [2.45, 2.75) is 51.5 Å². The van der Waals surface area contributed by atoms with Crippen molar-refractivity contribution in [2.75, 3.05) is 13.7 Å². The fourth-order valence-electron chi connectivity index (χ4n) is 3.58. The molecule has 6 nitrogen and oxygen atoms in total. The van der Waals surface area contributed by atoms with Gasteiger partial charge in [-0.2, -0.15) is 0 Å². The molecule has 6 heteroatoms. The lowest BCUT2D eigenvalue weighted by Gasteiger charge is -2.38. The van der Waals surface area contributed by atoms with Crippen LogP contribution in [0.15, 0.2) is 28.7 Å².